The average molecular weight is 186 g/mol. The fraction of sp³-hybridized carbons (Fsp3) is 0. The van der Waals surface area contributed by atoms with Gasteiger partial charge in [0.15, 0.2) is 0 Å². The Morgan fingerprint density at radius 2 is 2.14 bits per heavy atom. The predicted molar refractivity (Wildman–Crippen MR) is 49.5 cm³/mol. The summed E-state index contributed by atoms with van der Waals surface area (Å²) in [5.41, 5.74) is 1.69. The summed E-state index contributed by atoms with van der Waals surface area (Å²) in [6.45, 7) is 0. The molecule has 0 aliphatic heterocycles. The van der Waals surface area contributed by atoms with Crippen LogP contribution in [0.1, 0.15) is 5.56 Å². The van der Waals surface area contributed by atoms with Gasteiger partial charge in [0, 0.05) is 5.56 Å². The molecule has 0 aliphatic carbocycles. The summed E-state index contributed by atoms with van der Waals surface area (Å²) in [4.78, 5) is 13.3. The lowest BCUT2D eigenvalue weighted by atomic mass is 10.1. The maximum atomic E-state index is 10.8. The maximum absolute atomic E-state index is 10.8. The third-order valence-corrected chi connectivity index (χ3v) is 1.86. The molecule has 1 N–H and O–H groups in total. The van der Waals surface area contributed by atoms with Crippen LogP contribution in [0.4, 0.5) is 0 Å². The lowest BCUT2D eigenvalue weighted by Crippen LogP contribution is -1.95. The monoisotopic (exact) mass is 186 g/mol. The molecule has 14 heavy (non-hydrogen) atoms. The molecular weight excluding hydrogens is 180 g/mol. The largest absolute Gasteiger partial charge is 0.416 e. The van der Waals surface area contributed by atoms with Gasteiger partial charge in [-0.1, -0.05) is 18.2 Å². The van der Waals surface area contributed by atoms with E-state index in [9.17, 15) is 4.79 Å². The van der Waals surface area contributed by atoms with Gasteiger partial charge >= 0.3 is 5.76 Å². The summed E-state index contributed by atoms with van der Waals surface area (Å²) in [7, 11) is 0. The van der Waals surface area contributed by atoms with E-state index >= 15 is 0 Å². The fourth-order valence-electron chi connectivity index (χ4n) is 1.23. The van der Waals surface area contributed by atoms with E-state index in [1.165, 1.54) is 6.26 Å². The highest BCUT2D eigenvalue weighted by Gasteiger charge is 2.06. The SMILES string of the molecule is N#Cc1ccccc1-c1coc(=O)[nH]1. The topological polar surface area (TPSA) is 69.8 Å². The molecule has 0 bridgehead atoms. The lowest BCUT2D eigenvalue weighted by molar-refractivity contribution is 0.515. The van der Waals surface area contributed by atoms with Crippen molar-refractivity contribution in [2.24, 2.45) is 0 Å². The number of nitrogens with one attached hydrogen (secondary N) is 1. The molecule has 1 heterocycles. The van der Waals surface area contributed by atoms with E-state index in [2.05, 4.69) is 9.40 Å². The van der Waals surface area contributed by atoms with E-state index in [4.69, 9.17) is 5.26 Å². The summed E-state index contributed by atoms with van der Waals surface area (Å²) in [5, 5.41) is 8.81. The van der Waals surface area contributed by atoms with Crippen LogP contribution < -0.4 is 5.76 Å². The van der Waals surface area contributed by atoms with Crippen molar-refractivity contribution in [2.75, 3.05) is 0 Å². The molecule has 0 aliphatic rings. The minimum atomic E-state index is -0.521. The number of hydrogen-bond acceptors (Lipinski definition) is 3. The predicted octanol–water partition coefficient (Wildman–Crippen LogP) is 1.51. The van der Waals surface area contributed by atoms with Crippen LogP contribution in [0.3, 0.4) is 0 Å². The van der Waals surface area contributed by atoms with Crippen molar-refractivity contribution < 1.29 is 4.42 Å². The molecule has 4 heteroatoms. The van der Waals surface area contributed by atoms with Crippen LogP contribution in [0.2, 0.25) is 0 Å². The first-order valence-electron chi connectivity index (χ1n) is 3.98. The molecule has 1 aromatic carbocycles. The van der Waals surface area contributed by atoms with Crippen molar-refractivity contribution >= 4 is 0 Å². The van der Waals surface area contributed by atoms with Crippen LogP contribution in [-0.4, -0.2) is 4.98 Å². The second-order valence-electron chi connectivity index (χ2n) is 2.72. The first-order valence-corrected chi connectivity index (χ1v) is 3.98. The number of nitrogens with zero attached hydrogens (tertiary/aromatic N) is 1. The standard InChI is InChI=1S/C10H6N2O2/c11-5-7-3-1-2-4-8(7)9-6-14-10(13)12-9/h1-4,6H,(H,12,13). The Bertz CT molecular complexity index is 545. The van der Waals surface area contributed by atoms with Crippen LogP contribution in [0.25, 0.3) is 11.3 Å². The number of H-pyrrole nitrogens is 1. The molecule has 0 atom stereocenters. The number of hydrogen-bond donors (Lipinski definition) is 1. The Morgan fingerprint density at radius 1 is 1.36 bits per heavy atom. The first-order chi connectivity index (χ1) is 6.81. The molecular formula is C10H6N2O2. The zero-order valence-electron chi connectivity index (χ0n) is 7.15. The van der Waals surface area contributed by atoms with Crippen molar-refractivity contribution in [3.8, 4) is 17.3 Å². The number of aromatic amines is 1. The number of oxazole rings is 1. The minimum absolute atomic E-state index is 0.504. The number of rotatable bonds is 1. The number of aromatic nitrogens is 1. The normalized spacial score (nSPS) is 9.64. The third-order valence-electron chi connectivity index (χ3n) is 1.86. The van der Waals surface area contributed by atoms with Gasteiger partial charge in [0.05, 0.1) is 17.3 Å². The Hall–Kier alpha value is -2.28. The van der Waals surface area contributed by atoms with Crippen molar-refractivity contribution in [3.63, 3.8) is 0 Å². The van der Waals surface area contributed by atoms with Gasteiger partial charge in [0.1, 0.15) is 6.26 Å². The maximum Gasteiger partial charge on any atom is 0.416 e. The summed E-state index contributed by atoms with van der Waals surface area (Å²) in [6.07, 6.45) is 1.30. The first kappa shape index (κ1) is 8.32. The molecule has 68 valence electrons. The highest BCUT2D eigenvalue weighted by Crippen LogP contribution is 2.19. The van der Waals surface area contributed by atoms with Gasteiger partial charge in [-0.15, -0.1) is 0 Å². The number of nitriles is 1. The minimum Gasteiger partial charge on any atom is -0.416 e. The molecule has 0 amide bonds. The van der Waals surface area contributed by atoms with Crippen LogP contribution in [0.5, 0.6) is 0 Å². The summed E-state index contributed by atoms with van der Waals surface area (Å²) >= 11 is 0. The van der Waals surface area contributed by atoms with Crippen LogP contribution in [0.15, 0.2) is 39.7 Å². The molecule has 0 saturated carbocycles. The van der Waals surface area contributed by atoms with Gasteiger partial charge in [-0.25, -0.2) is 4.79 Å². The van der Waals surface area contributed by atoms with Gasteiger partial charge in [0.25, 0.3) is 0 Å². The molecule has 0 fully saturated rings. The second-order valence-corrected chi connectivity index (χ2v) is 2.72. The van der Waals surface area contributed by atoms with E-state index in [-0.39, 0.29) is 0 Å². The van der Waals surface area contributed by atoms with Crippen molar-refractivity contribution in [3.05, 3.63) is 46.6 Å². The molecule has 4 nitrogen and oxygen atoms in total. The lowest BCUT2D eigenvalue weighted by Gasteiger charge is -1.97. The Kier molecular flexibility index (Phi) is 1.92. The molecule has 0 radical (unpaired) electrons. The third kappa shape index (κ3) is 1.31. The van der Waals surface area contributed by atoms with E-state index in [0.717, 1.165) is 0 Å². The summed E-state index contributed by atoms with van der Waals surface area (Å²) in [5.74, 6) is -0.521. The zero-order valence-corrected chi connectivity index (χ0v) is 7.15. The highest BCUT2D eigenvalue weighted by atomic mass is 16.4. The molecule has 0 spiro atoms. The molecule has 0 saturated heterocycles. The Labute approximate surface area is 79.4 Å². The van der Waals surface area contributed by atoms with Crippen LogP contribution in [0, 0.1) is 11.3 Å². The van der Waals surface area contributed by atoms with E-state index < -0.39 is 5.76 Å². The van der Waals surface area contributed by atoms with Gasteiger partial charge in [-0.05, 0) is 6.07 Å². The van der Waals surface area contributed by atoms with Crippen molar-refractivity contribution in [2.45, 2.75) is 0 Å². The van der Waals surface area contributed by atoms with E-state index in [1.54, 1.807) is 24.3 Å². The smallest absolute Gasteiger partial charge is 0.416 e. The number of benzene rings is 1. The molecule has 2 rings (SSSR count). The molecule has 1 aromatic heterocycles. The van der Waals surface area contributed by atoms with Crippen molar-refractivity contribution in [1.29, 1.82) is 5.26 Å². The average Bonchev–Trinajstić information content (AvgIpc) is 2.65. The van der Waals surface area contributed by atoms with E-state index in [0.29, 0.717) is 16.8 Å². The quantitative estimate of drug-likeness (QED) is 0.733. The van der Waals surface area contributed by atoms with Crippen LogP contribution >= 0.6 is 0 Å². The fourth-order valence-corrected chi connectivity index (χ4v) is 1.23. The van der Waals surface area contributed by atoms with Gasteiger partial charge in [-0.2, -0.15) is 5.26 Å². The highest BCUT2D eigenvalue weighted by molar-refractivity contribution is 5.66. The Morgan fingerprint density at radius 3 is 2.79 bits per heavy atom. The zero-order chi connectivity index (χ0) is 9.97. The van der Waals surface area contributed by atoms with E-state index in [1.807, 2.05) is 6.07 Å². The summed E-state index contributed by atoms with van der Waals surface area (Å²) in [6, 6.07) is 9.03. The molecule has 0 unspecified atom stereocenters. The van der Waals surface area contributed by atoms with Crippen LogP contribution in [-0.2, 0) is 0 Å². The van der Waals surface area contributed by atoms with Crippen molar-refractivity contribution in [1.82, 2.24) is 4.98 Å². The Balaban J connectivity index is 2.63. The second kappa shape index (κ2) is 3.23. The van der Waals surface area contributed by atoms with Gasteiger partial charge in [-0.3, -0.25) is 4.98 Å². The van der Waals surface area contributed by atoms with Gasteiger partial charge in [0.2, 0.25) is 0 Å². The molecule has 2 aromatic rings. The van der Waals surface area contributed by atoms with Gasteiger partial charge < -0.3 is 4.42 Å². The summed E-state index contributed by atoms with van der Waals surface area (Å²) < 4.78 is 4.60.